The SMILES string of the molecule is CC(=O)Oc1ccc2cc(C(=O)O)cc(C)c2c1. The second-order valence-corrected chi connectivity index (χ2v) is 4.07. The highest BCUT2D eigenvalue weighted by atomic mass is 16.5. The molecule has 2 aromatic rings. The van der Waals surface area contributed by atoms with Gasteiger partial charge in [-0.05, 0) is 47.5 Å². The molecule has 0 atom stereocenters. The Morgan fingerprint density at radius 1 is 1.17 bits per heavy atom. The molecule has 0 radical (unpaired) electrons. The van der Waals surface area contributed by atoms with E-state index in [9.17, 15) is 9.59 Å². The summed E-state index contributed by atoms with van der Waals surface area (Å²) in [5.74, 6) is -0.876. The number of aromatic carboxylic acids is 1. The Hall–Kier alpha value is -2.36. The van der Waals surface area contributed by atoms with Gasteiger partial charge in [0.25, 0.3) is 0 Å². The molecular weight excluding hydrogens is 232 g/mol. The topological polar surface area (TPSA) is 63.6 Å². The number of carbonyl (C=O) groups is 2. The van der Waals surface area contributed by atoms with Crippen LogP contribution in [0.5, 0.6) is 5.75 Å². The van der Waals surface area contributed by atoms with Crippen LogP contribution in [-0.2, 0) is 4.79 Å². The summed E-state index contributed by atoms with van der Waals surface area (Å²) in [6.45, 7) is 3.16. The van der Waals surface area contributed by atoms with Gasteiger partial charge in [0.15, 0.2) is 0 Å². The van der Waals surface area contributed by atoms with Crippen LogP contribution in [0.2, 0.25) is 0 Å². The predicted molar refractivity (Wildman–Crippen MR) is 67.0 cm³/mol. The minimum absolute atomic E-state index is 0.250. The van der Waals surface area contributed by atoms with Crippen LogP contribution in [0, 0.1) is 6.92 Å². The predicted octanol–water partition coefficient (Wildman–Crippen LogP) is 2.77. The average Bonchev–Trinajstić information content (AvgIpc) is 2.28. The lowest BCUT2D eigenvalue weighted by Gasteiger charge is -2.07. The van der Waals surface area contributed by atoms with Crippen LogP contribution in [0.15, 0.2) is 30.3 Å². The van der Waals surface area contributed by atoms with Crippen LogP contribution in [0.4, 0.5) is 0 Å². The summed E-state index contributed by atoms with van der Waals surface area (Å²) in [5, 5.41) is 10.7. The number of benzene rings is 2. The zero-order chi connectivity index (χ0) is 13.3. The van der Waals surface area contributed by atoms with Gasteiger partial charge < -0.3 is 9.84 Å². The van der Waals surface area contributed by atoms with E-state index in [2.05, 4.69) is 0 Å². The van der Waals surface area contributed by atoms with Crippen LogP contribution >= 0.6 is 0 Å². The van der Waals surface area contributed by atoms with Crippen LogP contribution in [-0.4, -0.2) is 17.0 Å². The maximum atomic E-state index is 10.9. The molecule has 18 heavy (non-hydrogen) atoms. The van der Waals surface area contributed by atoms with Crippen molar-refractivity contribution in [2.75, 3.05) is 0 Å². The quantitative estimate of drug-likeness (QED) is 0.651. The van der Waals surface area contributed by atoms with Gasteiger partial charge in [-0.1, -0.05) is 6.07 Å². The van der Waals surface area contributed by atoms with Crippen LogP contribution in [0.3, 0.4) is 0 Å². The molecule has 0 aliphatic heterocycles. The number of hydrogen-bond donors (Lipinski definition) is 1. The zero-order valence-corrected chi connectivity index (χ0v) is 10.1. The Morgan fingerprint density at radius 3 is 2.50 bits per heavy atom. The molecule has 0 fully saturated rings. The fourth-order valence-electron chi connectivity index (χ4n) is 1.88. The maximum Gasteiger partial charge on any atom is 0.335 e. The van der Waals surface area contributed by atoms with Crippen LogP contribution in [0.1, 0.15) is 22.8 Å². The van der Waals surface area contributed by atoms with E-state index in [-0.39, 0.29) is 11.5 Å². The van der Waals surface area contributed by atoms with Gasteiger partial charge in [0.2, 0.25) is 0 Å². The summed E-state index contributed by atoms with van der Waals surface area (Å²) in [6.07, 6.45) is 0. The number of carboxylic acid groups (broad SMARTS) is 1. The zero-order valence-electron chi connectivity index (χ0n) is 10.1. The molecule has 4 nitrogen and oxygen atoms in total. The number of hydrogen-bond acceptors (Lipinski definition) is 3. The summed E-state index contributed by atoms with van der Waals surface area (Å²) in [7, 11) is 0. The second-order valence-electron chi connectivity index (χ2n) is 4.07. The minimum atomic E-state index is -0.955. The van der Waals surface area contributed by atoms with Crippen LogP contribution < -0.4 is 4.74 Å². The van der Waals surface area contributed by atoms with Gasteiger partial charge in [0.1, 0.15) is 5.75 Å². The summed E-state index contributed by atoms with van der Waals surface area (Å²) < 4.78 is 5.00. The number of carbonyl (C=O) groups excluding carboxylic acids is 1. The van der Waals surface area contributed by atoms with Gasteiger partial charge in [0, 0.05) is 6.92 Å². The summed E-state index contributed by atoms with van der Waals surface area (Å²) >= 11 is 0. The molecule has 0 saturated carbocycles. The third-order valence-electron chi connectivity index (χ3n) is 2.64. The van der Waals surface area contributed by atoms with E-state index in [4.69, 9.17) is 9.84 Å². The molecule has 0 bridgehead atoms. The largest absolute Gasteiger partial charge is 0.478 e. The number of esters is 1. The number of ether oxygens (including phenoxy) is 1. The highest BCUT2D eigenvalue weighted by Gasteiger charge is 2.08. The third-order valence-corrected chi connectivity index (χ3v) is 2.64. The highest BCUT2D eigenvalue weighted by Crippen LogP contribution is 2.25. The maximum absolute atomic E-state index is 10.9. The molecule has 0 spiro atoms. The Kier molecular flexibility index (Phi) is 3.02. The molecule has 0 aromatic heterocycles. The molecule has 2 rings (SSSR count). The Bertz CT molecular complexity index is 644. The average molecular weight is 244 g/mol. The molecule has 92 valence electrons. The van der Waals surface area contributed by atoms with Crippen molar-refractivity contribution < 1.29 is 19.4 Å². The van der Waals surface area contributed by atoms with Crippen molar-refractivity contribution >= 4 is 22.7 Å². The van der Waals surface area contributed by atoms with Crippen molar-refractivity contribution in [3.63, 3.8) is 0 Å². The van der Waals surface area contributed by atoms with E-state index in [0.717, 1.165) is 16.3 Å². The van der Waals surface area contributed by atoms with Gasteiger partial charge in [-0.15, -0.1) is 0 Å². The van der Waals surface area contributed by atoms with Crippen molar-refractivity contribution in [1.29, 1.82) is 0 Å². The molecule has 1 N–H and O–H groups in total. The van der Waals surface area contributed by atoms with Crippen molar-refractivity contribution in [3.8, 4) is 5.75 Å². The number of fused-ring (bicyclic) bond motifs is 1. The first-order valence-corrected chi connectivity index (χ1v) is 5.43. The van der Waals surface area contributed by atoms with E-state index in [1.165, 1.54) is 6.92 Å². The van der Waals surface area contributed by atoms with Gasteiger partial charge in [-0.2, -0.15) is 0 Å². The van der Waals surface area contributed by atoms with Gasteiger partial charge in [0.05, 0.1) is 5.56 Å². The van der Waals surface area contributed by atoms with Crippen LogP contribution in [0.25, 0.3) is 10.8 Å². The molecular formula is C14H12O4. The number of rotatable bonds is 2. The minimum Gasteiger partial charge on any atom is -0.478 e. The molecule has 2 aromatic carbocycles. The Balaban J connectivity index is 2.57. The van der Waals surface area contributed by atoms with Crippen molar-refractivity contribution in [2.24, 2.45) is 0 Å². The highest BCUT2D eigenvalue weighted by molar-refractivity contribution is 5.96. The summed E-state index contributed by atoms with van der Waals surface area (Å²) in [5.41, 5.74) is 1.08. The van der Waals surface area contributed by atoms with Crippen molar-refractivity contribution in [2.45, 2.75) is 13.8 Å². The van der Waals surface area contributed by atoms with E-state index in [0.29, 0.717) is 5.75 Å². The smallest absolute Gasteiger partial charge is 0.335 e. The van der Waals surface area contributed by atoms with E-state index < -0.39 is 5.97 Å². The summed E-state index contributed by atoms with van der Waals surface area (Å²) in [4.78, 5) is 21.8. The lowest BCUT2D eigenvalue weighted by molar-refractivity contribution is -0.131. The van der Waals surface area contributed by atoms with Crippen molar-refractivity contribution in [1.82, 2.24) is 0 Å². The Labute approximate surface area is 104 Å². The van der Waals surface area contributed by atoms with E-state index >= 15 is 0 Å². The molecule has 0 saturated heterocycles. The molecule has 0 heterocycles. The molecule has 0 unspecified atom stereocenters. The first-order chi connectivity index (χ1) is 8.47. The molecule has 0 aliphatic rings. The van der Waals surface area contributed by atoms with E-state index in [1.807, 2.05) is 6.92 Å². The number of aryl methyl sites for hydroxylation is 1. The molecule has 4 heteroatoms. The molecule has 0 aliphatic carbocycles. The van der Waals surface area contributed by atoms with Gasteiger partial charge in [-0.3, -0.25) is 4.79 Å². The van der Waals surface area contributed by atoms with E-state index in [1.54, 1.807) is 30.3 Å². The third kappa shape index (κ3) is 2.32. The first-order valence-electron chi connectivity index (χ1n) is 5.43. The first kappa shape index (κ1) is 12.1. The fraction of sp³-hybridized carbons (Fsp3) is 0.143. The van der Waals surface area contributed by atoms with Gasteiger partial charge >= 0.3 is 11.9 Å². The Morgan fingerprint density at radius 2 is 1.89 bits per heavy atom. The molecule has 0 amide bonds. The lowest BCUT2D eigenvalue weighted by Crippen LogP contribution is -2.01. The van der Waals surface area contributed by atoms with Gasteiger partial charge in [-0.25, -0.2) is 4.79 Å². The fourth-order valence-corrected chi connectivity index (χ4v) is 1.88. The normalized spacial score (nSPS) is 10.3. The lowest BCUT2D eigenvalue weighted by atomic mass is 10.0. The van der Waals surface area contributed by atoms with Crippen molar-refractivity contribution in [3.05, 3.63) is 41.5 Å². The number of carboxylic acids is 1. The monoisotopic (exact) mass is 244 g/mol. The standard InChI is InChI=1S/C14H12O4/c1-8-5-11(14(16)17)6-10-3-4-12(7-13(8)10)18-9(2)15/h3-7H,1-2H3,(H,16,17). The second kappa shape index (κ2) is 4.49. The summed E-state index contributed by atoms with van der Waals surface area (Å²) in [6, 6.07) is 8.32.